The lowest BCUT2D eigenvalue weighted by Crippen LogP contribution is -2.50. The van der Waals surface area contributed by atoms with Crippen LogP contribution in [-0.4, -0.2) is 52.2 Å². The van der Waals surface area contributed by atoms with Crippen molar-refractivity contribution in [3.05, 3.63) is 41.8 Å². The van der Waals surface area contributed by atoms with E-state index in [1.165, 1.54) is 6.20 Å². The van der Waals surface area contributed by atoms with Crippen LogP contribution in [0.4, 0.5) is 13.2 Å². The fourth-order valence-electron chi connectivity index (χ4n) is 4.13. The van der Waals surface area contributed by atoms with Crippen LogP contribution in [0.5, 0.6) is 5.75 Å². The van der Waals surface area contributed by atoms with E-state index in [1.807, 2.05) is 13.8 Å². The summed E-state index contributed by atoms with van der Waals surface area (Å²) in [7, 11) is -3.10. The lowest BCUT2D eigenvalue weighted by molar-refractivity contribution is -0.158. The molecule has 4 rings (SSSR count). The quantitative estimate of drug-likeness (QED) is 0.509. The highest BCUT2D eigenvalue weighted by atomic mass is 32.2. The van der Waals surface area contributed by atoms with Crippen molar-refractivity contribution in [3.63, 3.8) is 0 Å². The molecule has 1 N–H and O–H groups in total. The molecule has 3 heterocycles. The Morgan fingerprint density at radius 3 is 2.50 bits per heavy atom. The number of hydrogen-bond acceptors (Lipinski definition) is 6. The normalized spacial score (nSPS) is 17.3. The molecule has 0 unspecified atom stereocenters. The molecule has 0 atom stereocenters. The predicted molar refractivity (Wildman–Crippen MR) is 128 cm³/mol. The van der Waals surface area contributed by atoms with Crippen molar-refractivity contribution in [1.82, 2.24) is 20.1 Å². The molecule has 3 aromatic rings. The van der Waals surface area contributed by atoms with Crippen LogP contribution in [0.1, 0.15) is 56.9 Å². The first kappa shape index (κ1) is 25.9. The van der Waals surface area contributed by atoms with Gasteiger partial charge in [0.2, 0.25) is 0 Å². The molecule has 1 fully saturated rings. The summed E-state index contributed by atoms with van der Waals surface area (Å²) < 4.78 is 71.2. The average Bonchev–Trinajstić information content (AvgIpc) is 3.15. The molecule has 194 valence electrons. The van der Waals surface area contributed by atoms with E-state index in [0.717, 1.165) is 18.2 Å². The molecule has 2 aromatic heterocycles. The molecule has 36 heavy (non-hydrogen) atoms. The lowest BCUT2D eigenvalue weighted by Gasteiger charge is -2.34. The molecule has 1 amide bonds. The van der Waals surface area contributed by atoms with Crippen LogP contribution < -0.4 is 10.1 Å². The third-order valence-corrected chi connectivity index (χ3v) is 7.79. The summed E-state index contributed by atoms with van der Waals surface area (Å²) in [4.78, 5) is 17.4. The molecule has 0 bridgehead atoms. The van der Waals surface area contributed by atoms with E-state index in [9.17, 15) is 26.4 Å². The van der Waals surface area contributed by atoms with Crippen LogP contribution in [-0.2, 0) is 9.84 Å². The molecular formula is C24H27F3N4O4S. The number of halogens is 3. The minimum atomic E-state index is -3.45. The lowest BCUT2D eigenvalue weighted by atomic mass is 9.94. The van der Waals surface area contributed by atoms with Crippen molar-refractivity contribution in [2.24, 2.45) is 0 Å². The van der Waals surface area contributed by atoms with Crippen molar-refractivity contribution in [1.29, 1.82) is 0 Å². The second-order valence-corrected chi connectivity index (χ2v) is 12.0. The summed E-state index contributed by atoms with van der Waals surface area (Å²) in [6.07, 6.45) is -1.51. The molecular weight excluding hydrogens is 497 g/mol. The van der Waals surface area contributed by atoms with Crippen LogP contribution in [0.15, 0.2) is 30.5 Å². The smallest absolute Gasteiger partial charge is 0.394 e. The number of aromatic nitrogens is 3. The number of benzene rings is 1. The second-order valence-electron chi connectivity index (χ2n) is 9.70. The van der Waals surface area contributed by atoms with Gasteiger partial charge in [0.15, 0.2) is 0 Å². The Morgan fingerprint density at radius 1 is 1.22 bits per heavy atom. The summed E-state index contributed by atoms with van der Waals surface area (Å²) in [5.74, 6) is -1.34. The van der Waals surface area contributed by atoms with Crippen LogP contribution in [0, 0.1) is 5.82 Å². The molecule has 1 saturated heterocycles. The van der Waals surface area contributed by atoms with Gasteiger partial charge in [-0.3, -0.25) is 14.5 Å². The number of carbonyl (C=O) groups is 1. The largest absolute Gasteiger partial charge is 0.433 e. The first-order valence-corrected chi connectivity index (χ1v) is 13.3. The zero-order valence-corrected chi connectivity index (χ0v) is 21.1. The van der Waals surface area contributed by atoms with E-state index < -0.39 is 33.2 Å². The van der Waals surface area contributed by atoms with Gasteiger partial charge in [0, 0.05) is 30.3 Å². The molecule has 0 saturated carbocycles. The highest BCUT2D eigenvalue weighted by Crippen LogP contribution is 2.34. The molecule has 0 spiro atoms. The molecule has 8 nitrogen and oxygen atoms in total. The highest BCUT2D eigenvalue weighted by Gasteiger charge is 2.35. The number of alkyl halides is 2. The minimum Gasteiger partial charge on any atom is -0.433 e. The number of nitrogens with one attached hydrogen (secondary N) is 1. The molecule has 0 aliphatic carbocycles. The molecule has 0 radical (unpaired) electrons. The number of sulfone groups is 1. The van der Waals surface area contributed by atoms with Gasteiger partial charge in [-0.15, -0.1) is 0 Å². The maximum atomic E-state index is 14.8. The van der Waals surface area contributed by atoms with Crippen molar-refractivity contribution in [2.45, 2.75) is 58.2 Å². The van der Waals surface area contributed by atoms with Crippen molar-refractivity contribution < 1.29 is 31.1 Å². The minimum absolute atomic E-state index is 0.00283. The fourth-order valence-corrected chi connectivity index (χ4v) is 5.86. The fraction of sp³-hybridized carbons (Fsp3) is 0.458. The predicted octanol–water partition coefficient (Wildman–Crippen LogP) is 4.51. The Bertz CT molecular complexity index is 1420. The summed E-state index contributed by atoms with van der Waals surface area (Å²) in [6, 6.07) is 4.65. The summed E-state index contributed by atoms with van der Waals surface area (Å²) in [5, 5.41) is 7.39. The van der Waals surface area contributed by atoms with Crippen LogP contribution in [0.2, 0.25) is 0 Å². The van der Waals surface area contributed by atoms with Gasteiger partial charge in [-0.2, -0.15) is 13.9 Å². The Balaban J connectivity index is 1.71. The Hall–Kier alpha value is -3.15. The number of nitrogens with zero attached hydrogens (tertiary/aromatic N) is 3. The van der Waals surface area contributed by atoms with Gasteiger partial charge in [0.05, 0.1) is 22.6 Å². The number of fused-ring (bicyclic) bond motifs is 1. The standard InChI is InChI=1S/C24H27F3N4O4S/c1-14(2)31-19-11-15(22(32)29-23(3)7-9-36(33,34)10-8-23)13-28-21(19)20(30-31)17-12-16(5-6-18(17)25)35-24(4,26)27/h5-6,11-14H,7-10H2,1-4H3,(H,29,32). The monoisotopic (exact) mass is 524 g/mol. The van der Waals surface area contributed by atoms with Gasteiger partial charge in [0.1, 0.15) is 32.6 Å². The van der Waals surface area contributed by atoms with Crippen LogP contribution >= 0.6 is 0 Å². The number of carbonyl (C=O) groups excluding carboxylic acids is 1. The third kappa shape index (κ3) is 5.48. The van der Waals surface area contributed by atoms with Gasteiger partial charge in [-0.25, -0.2) is 12.8 Å². The maximum absolute atomic E-state index is 14.8. The zero-order valence-electron chi connectivity index (χ0n) is 20.3. The van der Waals surface area contributed by atoms with Gasteiger partial charge in [0.25, 0.3) is 5.91 Å². The van der Waals surface area contributed by atoms with Gasteiger partial charge < -0.3 is 10.1 Å². The van der Waals surface area contributed by atoms with Gasteiger partial charge in [-0.1, -0.05) is 0 Å². The Labute approximate surface area is 206 Å². The number of pyridine rings is 1. The average molecular weight is 525 g/mol. The second kappa shape index (κ2) is 9.06. The van der Waals surface area contributed by atoms with Gasteiger partial charge in [-0.05, 0) is 57.9 Å². The summed E-state index contributed by atoms with van der Waals surface area (Å²) in [6.45, 7) is 6.08. The van der Waals surface area contributed by atoms with E-state index in [4.69, 9.17) is 0 Å². The van der Waals surface area contributed by atoms with E-state index in [-0.39, 0.29) is 45.6 Å². The van der Waals surface area contributed by atoms with E-state index in [1.54, 1.807) is 17.7 Å². The topological polar surface area (TPSA) is 103 Å². The SMILES string of the molecule is CC(C)n1nc(-c2cc(OC(C)(F)F)ccc2F)c2ncc(C(=O)NC3(C)CCS(=O)(=O)CC3)cc21. The third-order valence-electron chi connectivity index (χ3n) is 6.13. The van der Waals surface area contributed by atoms with E-state index in [2.05, 4.69) is 20.1 Å². The molecule has 1 aromatic carbocycles. The van der Waals surface area contributed by atoms with Crippen molar-refractivity contribution in [2.75, 3.05) is 11.5 Å². The Morgan fingerprint density at radius 2 is 1.89 bits per heavy atom. The zero-order chi connectivity index (χ0) is 26.5. The highest BCUT2D eigenvalue weighted by molar-refractivity contribution is 7.91. The van der Waals surface area contributed by atoms with Gasteiger partial charge >= 0.3 is 6.11 Å². The van der Waals surface area contributed by atoms with E-state index >= 15 is 0 Å². The van der Waals surface area contributed by atoms with Crippen LogP contribution in [0.3, 0.4) is 0 Å². The van der Waals surface area contributed by atoms with Crippen molar-refractivity contribution >= 4 is 26.8 Å². The maximum Gasteiger partial charge on any atom is 0.394 e. The molecule has 1 aliphatic heterocycles. The number of hydrogen-bond donors (Lipinski definition) is 1. The van der Waals surface area contributed by atoms with E-state index in [0.29, 0.717) is 25.3 Å². The number of rotatable bonds is 6. The first-order chi connectivity index (χ1) is 16.7. The first-order valence-electron chi connectivity index (χ1n) is 11.4. The van der Waals surface area contributed by atoms with Crippen LogP contribution in [0.25, 0.3) is 22.3 Å². The number of amides is 1. The van der Waals surface area contributed by atoms with Crippen molar-refractivity contribution in [3.8, 4) is 17.0 Å². The Kier molecular flexibility index (Phi) is 6.52. The molecule has 12 heteroatoms. The number of ether oxygens (including phenoxy) is 1. The summed E-state index contributed by atoms with van der Waals surface area (Å²) in [5.41, 5.74) is 0.351. The summed E-state index contributed by atoms with van der Waals surface area (Å²) >= 11 is 0. The molecule has 1 aliphatic rings.